The van der Waals surface area contributed by atoms with E-state index >= 15 is 0 Å². The molecule has 7 nitrogen and oxygen atoms in total. The van der Waals surface area contributed by atoms with Gasteiger partial charge in [0.2, 0.25) is 0 Å². The van der Waals surface area contributed by atoms with Gasteiger partial charge in [-0.3, -0.25) is 0 Å². The predicted octanol–water partition coefficient (Wildman–Crippen LogP) is 0.670. The normalized spacial score (nSPS) is 11.8. The summed E-state index contributed by atoms with van der Waals surface area (Å²) < 4.78 is 2.50. The van der Waals surface area contributed by atoms with Gasteiger partial charge in [-0.25, -0.2) is 14.6 Å². The second kappa shape index (κ2) is 4.65. The Kier molecular flexibility index (Phi) is 3.22. The standard InChI is InChI=1S/C9H9IN6O/c1-5-2-7(8(11)15-17)14-9(13-5)16-4-6(10)3-12-16/h2-4,17H,1H3,(H2,11,15). The summed E-state index contributed by atoms with van der Waals surface area (Å²) in [6.45, 7) is 1.80. The van der Waals surface area contributed by atoms with E-state index in [-0.39, 0.29) is 5.84 Å². The number of halogens is 1. The molecule has 88 valence electrons. The molecule has 3 N–H and O–H groups in total. The second-order valence-electron chi connectivity index (χ2n) is 3.28. The molecule has 17 heavy (non-hydrogen) atoms. The van der Waals surface area contributed by atoms with Crippen molar-refractivity contribution in [2.24, 2.45) is 10.9 Å². The van der Waals surface area contributed by atoms with E-state index in [1.54, 1.807) is 25.4 Å². The second-order valence-corrected chi connectivity index (χ2v) is 4.53. The first kappa shape index (κ1) is 11.8. The van der Waals surface area contributed by atoms with Crippen molar-refractivity contribution in [1.82, 2.24) is 19.7 Å². The van der Waals surface area contributed by atoms with E-state index in [2.05, 4.69) is 42.8 Å². The van der Waals surface area contributed by atoms with Gasteiger partial charge in [0.15, 0.2) is 5.84 Å². The van der Waals surface area contributed by atoms with E-state index in [1.807, 2.05) is 0 Å². The van der Waals surface area contributed by atoms with Crippen LogP contribution in [-0.2, 0) is 0 Å². The van der Waals surface area contributed by atoms with Crippen molar-refractivity contribution in [2.75, 3.05) is 0 Å². The van der Waals surface area contributed by atoms with E-state index in [0.29, 0.717) is 17.3 Å². The molecule has 0 aliphatic rings. The number of rotatable bonds is 2. The van der Waals surface area contributed by atoms with E-state index in [0.717, 1.165) is 3.57 Å². The Morgan fingerprint density at radius 2 is 2.29 bits per heavy atom. The van der Waals surface area contributed by atoms with Gasteiger partial charge in [-0.1, -0.05) is 5.16 Å². The molecular formula is C9H9IN6O. The van der Waals surface area contributed by atoms with E-state index in [1.165, 1.54) is 4.68 Å². The molecule has 0 atom stereocenters. The summed E-state index contributed by atoms with van der Waals surface area (Å²) in [6.07, 6.45) is 3.47. The molecule has 0 saturated carbocycles. The van der Waals surface area contributed by atoms with Gasteiger partial charge in [-0.15, -0.1) is 0 Å². The third kappa shape index (κ3) is 2.52. The predicted molar refractivity (Wildman–Crippen MR) is 69.1 cm³/mol. The molecule has 0 aliphatic carbocycles. The van der Waals surface area contributed by atoms with Crippen LogP contribution in [0.4, 0.5) is 0 Å². The number of nitrogens with zero attached hydrogens (tertiary/aromatic N) is 5. The molecular weight excluding hydrogens is 335 g/mol. The average Bonchev–Trinajstić information content (AvgIpc) is 2.74. The summed E-state index contributed by atoms with van der Waals surface area (Å²) in [5, 5.41) is 15.6. The Balaban J connectivity index is 2.52. The van der Waals surface area contributed by atoms with E-state index in [9.17, 15) is 0 Å². The van der Waals surface area contributed by atoms with Crippen molar-refractivity contribution in [3.05, 3.63) is 33.4 Å². The lowest BCUT2D eigenvalue weighted by molar-refractivity contribution is 0.318. The third-order valence-corrected chi connectivity index (χ3v) is 2.53. The Morgan fingerprint density at radius 3 is 2.88 bits per heavy atom. The molecule has 0 unspecified atom stereocenters. The molecule has 2 aromatic rings. The van der Waals surface area contributed by atoms with Gasteiger partial charge >= 0.3 is 0 Å². The number of amidine groups is 1. The minimum Gasteiger partial charge on any atom is -0.409 e. The molecule has 0 aromatic carbocycles. The van der Waals surface area contributed by atoms with Gasteiger partial charge in [0.05, 0.1) is 9.77 Å². The molecule has 2 aromatic heterocycles. The first-order valence-electron chi connectivity index (χ1n) is 4.64. The number of aryl methyl sites for hydroxylation is 1. The zero-order valence-corrected chi connectivity index (χ0v) is 11.0. The van der Waals surface area contributed by atoms with Crippen molar-refractivity contribution in [1.29, 1.82) is 0 Å². The van der Waals surface area contributed by atoms with Crippen LogP contribution in [0.15, 0.2) is 23.6 Å². The fourth-order valence-electron chi connectivity index (χ4n) is 1.25. The fraction of sp³-hybridized carbons (Fsp3) is 0.111. The molecule has 0 radical (unpaired) electrons. The van der Waals surface area contributed by atoms with Gasteiger partial charge in [0.25, 0.3) is 5.95 Å². The lowest BCUT2D eigenvalue weighted by atomic mass is 10.3. The quantitative estimate of drug-likeness (QED) is 0.274. The van der Waals surface area contributed by atoms with Crippen molar-refractivity contribution < 1.29 is 5.21 Å². The van der Waals surface area contributed by atoms with Crippen molar-refractivity contribution in [3.8, 4) is 5.95 Å². The van der Waals surface area contributed by atoms with Crippen LogP contribution in [0.5, 0.6) is 0 Å². The molecule has 0 amide bonds. The number of hydrogen-bond donors (Lipinski definition) is 2. The van der Waals surface area contributed by atoms with Gasteiger partial charge in [-0.2, -0.15) is 5.10 Å². The molecule has 0 bridgehead atoms. The van der Waals surface area contributed by atoms with Gasteiger partial charge < -0.3 is 10.9 Å². The zero-order chi connectivity index (χ0) is 12.4. The Morgan fingerprint density at radius 1 is 1.53 bits per heavy atom. The average molecular weight is 344 g/mol. The van der Waals surface area contributed by atoms with Crippen LogP contribution in [0.2, 0.25) is 0 Å². The first-order chi connectivity index (χ1) is 8.10. The number of nitrogens with two attached hydrogens (primary N) is 1. The Hall–Kier alpha value is -1.71. The monoisotopic (exact) mass is 344 g/mol. The minimum absolute atomic E-state index is 0.0568. The summed E-state index contributed by atoms with van der Waals surface area (Å²) in [7, 11) is 0. The van der Waals surface area contributed by atoms with Crippen molar-refractivity contribution in [3.63, 3.8) is 0 Å². The van der Waals surface area contributed by atoms with Gasteiger partial charge in [0, 0.05) is 11.9 Å². The molecule has 0 fully saturated rings. The third-order valence-electron chi connectivity index (χ3n) is 1.97. The highest BCUT2D eigenvalue weighted by atomic mass is 127. The molecule has 2 heterocycles. The maximum atomic E-state index is 8.62. The van der Waals surface area contributed by atoms with Crippen LogP contribution in [-0.4, -0.2) is 30.8 Å². The molecule has 0 spiro atoms. The largest absolute Gasteiger partial charge is 0.409 e. The zero-order valence-electron chi connectivity index (χ0n) is 8.87. The van der Waals surface area contributed by atoms with E-state index in [4.69, 9.17) is 10.9 Å². The maximum Gasteiger partial charge on any atom is 0.251 e. The molecule has 0 saturated heterocycles. The van der Waals surface area contributed by atoms with Crippen LogP contribution in [0.1, 0.15) is 11.4 Å². The van der Waals surface area contributed by atoms with Crippen LogP contribution < -0.4 is 5.73 Å². The van der Waals surface area contributed by atoms with Crippen LogP contribution in [0.3, 0.4) is 0 Å². The summed E-state index contributed by atoms with van der Waals surface area (Å²) >= 11 is 2.14. The Labute approximate surface area is 111 Å². The summed E-state index contributed by atoms with van der Waals surface area (Å²) in [4.78, 5) is 8.39. The highest BCUT2D eigenvalue weighted by Crippen LogP contribution is 2.08. The summed E-state index contributed by atoms with van der Waals surface area (Å²) in [6, 6.07) is 1.63. The van der Waals surface area contributed by atoms with Crippen molar-refractivity contribution >= 4 is 28.4 Å². The number of oxime groups is 1. The fourth-order valence-corrected chi connectivity index (χ4v) is 1.64. The van der Waals surface area contributed by atoms with Crippen LogP contribution in [0, 0.1) is 10.5 Å². The molecule has 0 aliphatic heterocycles. The lowest BCUT2D eigenvalue weighted by Crippen LogP contribution is -2.17. The van der Waals surface area contributed by atoms with Crippen LogP contribution in [0.25, 0.3) is 5.95 Å². The number of aromatic nitrogens is 4. The van der Waals surface area contributed by atoms with Gasteiger partial charge in [0.1, 0.15) is 5.69 Å². The first-order valence-corrected chi connectivity index (χ1v) is 5.72. The lowest BCUT2D eigenvalue weighted by Gasteiger charge is -2.04. The Bertz CT molecular complexity index is 579. The van der Waals surface area contributed by atoms with Gasteiger partial charge in [-0.05, 0) is 35.6 Å². The topological polar surface area (TPSA) is 102 Å². The highest BCUT2D eigenvalue weighted by Gasteiger charge is 2.08. The van der Waals surface area contributed by atoms with Crippen LogP contribution >= 0.6 is 22.6 Å². The SMILES string of the molecule is Cc1cc(/C(N)=N/O)nc(-n2cc(I)cn2)n1. The highest BCUT2D eigenvalue weighted by molar-refractivity contribution is 14.1. The van der Waals surface area contributed by atoms with Crippen molar-refractivity contribution in [2.45, 2.75) is 6.92 Å². The number of hydrogen-bond acceptors (Lipinski definition) is 5. The maximum absolute atomic E-state index is 8.62. The van der Waals surface area contributed by atoms with E-state index < -0.39 is 0 Å². The molecule has 8 heteroatoms. The summed E-state index contributed by atoms with van der Waals surface area (Å²) in [5.74, 6) is 0.327. The molecule has 2 rings (SSSR count). The smallest absolute Gasteiger partial charge is 0.251 e. The minimum atomic E-state index is -0.0568. The summed E-state index contributed by atoms with van der Waals surface area (Å²) in [5.41, 5.74) is 6.57.